The number of hydrogen-bond donors (Lipinski definition) is 1. The quantitative estimate of drug-likeness (QED) is 0.706. The largest absolute Gasteiger partial charge is 0.378 e. The molecular formula is C24H34N4O2. The minimum atomic E-state index is -0.0619. The second kappa shape index (κ2) is 9.31. The summed E-state index contributed by atoms with van der Waals surface area (Å²) in [6, 6.07) is 8.98. The number of piperidine rings is 1. The number of morpholine rings is 1. The normalized spacial score (nSPS) is 24.0. The summed E-state index contributed by atoms with van der Waals surface area (Å²) < 4.78 is 7.74. The van der Waals surface area contributed by atoms with Crippen molar-refractivity contribution >= 4 is 16.8 Å². The Hall–Kier alpha value is -2.18. The molecule has 2 fully saturated rings. The van der Waals surface area contributed by atoms with E-state index in [4.69, 9.17) is 4.74 Å². The Labute approximate surface area is 179 Å². The number of aromatic nitrogens is 2. The first kappa shape index (κ1) is 21.1. The van der Waals surface area contributed by atoms with Crippen molar-refractivity contribution in [2.45, 2.75) is 71.1 Å². The number of unbranched alkanes of at least 4 members (excludes halogenated alkanes) is 1. The smallest absolute Gasteiger partial charge is 0.272 e. The summed E-state index contributed by atoms with van der Waals surface area (Å²) in [5, 5.41) is 8.90. The third-order valence-corrected chi connectivity index (χ3v) is 6.32. The molecule has 6 heteroatoms. The number of ether oxygens (including phenoxy) is 1. The first-order valence-corrected chi connectivity index (χ1v) is 11.3. The van der Waals surface area contributed by atoms with Gasteiger partial charge in [0.15, 0.2) is 5.69 Å². The molecule has 0 aliphatic carbocycles. The molecule has 1 aromatic heterocycles. The van der Waals surface area contributed by atoms with Gasteiger partial charge >= 0.3 is 0 Å². The number of benzene rings is 1. The number of amides is 1. The Bertz CT molecular complexity index is 901. The fraction of sp³-hybridized carbons (Fsp3) is 0.583. The molecule has 1 unspecified atom stereocenters. The molecule has 30 heavy (non-hydrogen) atoms. The third-order valence-electron chi connectivity index (χ3n) is 6.32. The zero-order valence-corrected chi connectivity index (χ0v) is 18.4. The van der Waals surface area contributed by atoms with Crippen molar-refractivity contribution in [1.29, 1.82) is 0 Å². The van der Waals surface area contributed by atoms with Gasteiger partial charge in [-0.3, -0.25) is 14.4 Å². The predicted octanol–water partition coefficient (Wildman–Crippen LogP) is 3.76. The van der Waals surface area contributed by atoms with E-state index in [0.717, 1.165) is 43.5 Å². The van der Waals surface area contributed by atoms with Crippen LogP contribution in [0.4, 0.5) is 0 Å². The molecule has 162 valence electrons. The Morgan fingerprint density at radius 3 is 2.67 bits per heavy atom. The number of nitrogens with one attached hydrogen (secondary N) is 1. The fourth-order valence-electron chi connectivity index (χ4n) is 4.77. The lowest BCUT2D eigenvalue weighted by molar-refractivity contribution is -0.0802. The van der Waals surface area contributed by atoms with Gasteiger partial charge in [0.1, 0.15) is 0 Å². The van der Waals surface area contributed by atoms with Crippen LogP contribution in [-0.2, 0) is 11.3 Å². The Balaban J connectivity index is 1.49. The van der Waals surface area contributed by atoms with E-state index in [0.29, 0.717) is 24.3 Å². The summed E-state index contributed by atoms with van der Waals surface area (Å²) in [5.74, 6) is -0.0619. The van der Waals surface area contributed by atoms with Gasteiger partial charge in [0.25, 0.3) is 5.91 Å². The molecule has 3 heterocycles. The van der Waals surface area contributed by atoms with Crippen molar-refractivity contribution in [3.05, 3.63) is 41.6 Å². The summed E-state index contributed by atoms with van der Waals surface area (Å²) >= 11 is 0. The predicted molar refractivity (Wildman–Crippen MR) is 120 cm³/mol. The van der Waals surface area contributed by atoms with Gasteiger partial charge in [0, 0.05) is 23.5 Å². The van der Waals surface area contributed by atoms with Crippen LogP contribution in [0.1, 0.15) is 56.9 Å². The van der Waals surface area contributed by atoms with Gasteiger partial charge in [-0.05, 0) is 45.7 Å². The van der Waals surface area contributed by atoms with Crippen LogP contribution in [0.5, 0.6) is 0 Å². The van der Waals surface area contributed by atoms with E-state index in [-0.39, 0.29) is 11.9 Å². The molecule has 1 amide bonds. The summed E-state index contributed by atoms with van der Waals surface area (Å²) in [4.78, 5) is 15.8. The molecule has 3 atom stereocenters. The monoisotopic (exact) mass is 410 g/mol. The molecule has 2 bridgehead atoms. The molecule has 2 aliphatic rings. The maximum absolute atomic E-state index is 13.2. The zero-order chi connectivity index (χ0) is 21.1. The number of fused-ring (bicyclic) bond motifs is 3. The minimum absolute atomic E-state index is 0.0619. The van der Waals surface area contributed by atoms with E-state index in [1.165, 1.54) is 18.4 Å². The highest BCUT2D eigenvalue weighted by molar-refractivity contribution is 6.05. The van der Waals surface area contributed by atoms with Crippen LogP contribution in [-0.4, -0.2) is 58.5 Å². The lowest BCUT2D eigenvalue weighted by Crippen LogP contribution is -2.60. The highest BCUT2D eigenvalue weighted by atomic mass is 16.5. The summed E-state index contributed by atoms with van der Waals surface area (Å²) in [5.41, 5.74) is 2.77. The van der Waals surface area contributed by atoms with Gasteiger partial charge in [-0.15, -0.1) is 0 Å². The number of hydrogen-bond acceptors (Lipinski definition) is 4. The third kappa shape index (κ3) is 4.44. The molecule has 1 N–H and O–H groups in total. The van der Waals surface area contributed by atoms with Crippen molar-refractivity contribution in [3.8, 4) is 0 Å². The lowest BCUT2D eigenvalue weighted by atomic mass is 9.89. The van der Waals surface area contributed by atoms with E-state index in [1.54, 1.807) is 0 Å². The van der Waals surface area contributed by atoms with Crippen LogP contribution in [0, 0.1) is 0 Å². The molecule has 4 rings (SSSR count). The summed E-state index contributed by atoms with van der Waals surface area (Å²) in [6.45, 7) is 9.74. The van der Waals surface area contributed by atoms with Crippen LogP contribution in [0.3, 0.4) is 0 Å². The van der Waals surface area contributed by atoms with Crippen LogP contribution in [0.25, 0.3) is 10.9 Å². The topological polar surface area (TPSA) is 59.4 Å². The van der Waals surface area contributed by atoms with Crippen LogP contribution < -0.4 is 5.32 Å². The van der Waals surface area contributed by atoms with Crippen molar-refractivity contribution in [2.24, 2.45) is 0 Å². The average molecular weight is 411 g/mol. The van der Waals surface area contributed by atoms with E-state index in [1.807, 2.05) is 28.9 Å². The summed E-state index contributed by atoms with van der Waals surface area (Å²) in [6.07, 6.45) is 6.46. The van der Waals surface area contributed by atoms with Crippen molar-refractivity contribution in [3.63, 3.8) is 0 Å². The molecule has 2 aromatic rings. The minimum Gasteiger partial charge on any atom is -0.378 e. The maximum Gasteiger partial charge on any atom is 0.272 e. The molecule has 0 saturated carbocycles. The van der Waals surface area contributed by atoms with E-state index < -0.39 is 0 Å². The zero-order valence-electron chi connectivity index (χ0n) is 18.4. The summed E-state index contributed by atoms with van der Waals surface area (Å²) in [7, 11) is 0. The first-order chi connectivity index (χ1) is 14.6. The average Bonchev–Trinajstić information content (AvgIpc) is 3.09. The van der Waals surface area contributed by atoms with Crippen molar-refractivity contribution in [1.82, 2.24) is 20.0 Å². The fourth-order valence-corrected chi connectivity index (χ4v) is 4.77. The second-order valence-corrected chi connectivity index (χ2v) is 8.91. The number of nitrogens with zero attached hydrogens (tertiary/aromatic N) is 3. The molecule has 2 aliphatic heterocycles. The number of para-hydroxylation sites is 1. The van der Waals surface area contributed by atoms with E-state index in [2.05, 4.69) is 42.2 Å². The van der Waals surface area contributed by atoms with E-state index in [9.17, 15) is 4.79 Å². The maximum atomic E-state index is 13.2. The number of rotatable bonds is 7. The highest BCUT2D eigenvalue weighted by Crippen LogP contribution is 2.28. The van der Waals surface area contributed by atoms with Crippen molar-refractivity contribution < 1.29 is 9.53 Å². The molecule has 0 radical (unpaired) electrons. The number of carbonyl (C=O) groups excluding carboxylic acids is 1. The molecule has 0 spiro atoms. The van der Waals surface area contributed by atoms with Crippen LogP contribution in [0.15, 0.2) is 35.9 Å². The Morgan fingerprint density at radius 1 is 1.23 bits per heavy atom. The number of allylic oxidation sites excluding steroid dienone is 2. The Kier molecular flexibility index (Phi) is 6.54. The van der Waals surface area contributed by atoms with E-state index >= 15 is 0 Å². The SMILES string of the molecule is CCCCN1[C@@H]2COC[C@H]1CC(NC(=O)c1nn(CC=C(C)C)c3ccccc13)C2. The van der Waals surface area contributed by atoms with Crippen molar-refractivity contribution in [2.75, 3.05) is 19.8 Å². The van der Waals surface area contributed by atoms with Crippen LogP contribution in [0.2, 0.25) is 0 Å². The van der Waals surface area contributed by atoms with Gasteiger partial charge < -0.3 is 10.1 Å². The van der Waals surface area contributed by atoms with Gasteiger partial charge in [-0.1, -0.05) is 43.2 Å². The lowest BCUT2D eigenvalue weighted by Gasteiger charge is -2.48. The standard InChI is InChI=1S/C24H34N4O2/c1-4-5-11-27-19-13-18(14-20(27)16-30-15-19)25-24(29)23-21-8-6-7-9-22(21)28(26-23)12-10-17(2)3/h6-10,18-20H,4-5,11-16H2,1-3H3,(H,25,29)/t18?,19-,20+. The van der Waals surface area contributed by atoms with Crippen LogP contribution >= 0.6 is 0 Å². The van der Waals surface area contributed by atoms with Gasteiger partial charge in [0.05, 0.1) is 25.3 Å². The second-order valence-electron chi connectivity index (χ2n) is 8.91. The Morgan fingerprint density at radius 2 is 1.97 bits per heavy atom. The molecular weight excluding hydrogens is 376 g/mol. The molecule has 6 nitrogen and oxygen atoms in total. The van der Waals surface area contributed by atoms with Gasteiger partial charge in [0.2, 0.25) is 0 Å². The number of carbonyl (C=O) groups is 1. The first-order valence-electron chi connectivity index (χ1n) is 11.3. The van der Waals surface area contributed by atoms with Gasteiger partial charge in [-0.25, -0.2) is 0 Å². The molecule has 1 aromatic carbocycles. The van der Waals surface area contributed by atoms with Gasteiger partial charge in [-0.2, -0.15) is 5.10 Å². The highest BCUT2D eigenvalue weighted by Gasteiger charge is 2.39. The molecule has 2 saturated heterocycles.